The zero-order valence-electron chi connectivity index (χ0n) is 17.7. The Balaban J connectivity index is 0.00000256. The van der Waals surface area contributed by atoms with Gasteiger partial charge in [-0.2, -0.15) is 0 Å². The van der Waals surface area contributed by atoms with Crippen molar-refractivity contribution in [3.05, 3.63) is 54.1 Å². The van der Waals surface area contributed by atoms with Crippen LogP contribution < -0.4 is 15.0 Å². The van der Waals surface area contributed by atoms with Crippen LogP contribution in [-0.4, -0.2) is 62.8 Å². The summed E-state index contributed by atoms with van der Waals surface area (Å²) in [6.07, 6.45) is 2.33. The summed E-state index contributed by atoms with van der Waals surface area (Å²) in [7, 11) is 3.59. The van der Waals surface area contributed by atoms with Crippen molar-refractivity contribution in [2.75, 3.05) is 51.8 Å². The van der Waals surface area contributed by atoms with E-state index < -0.39 is 0 Å². The van der Waals surface area contributed by atoms with Gasteiger partial charge in [0, 0.05) is 50.7 Å². The van der Waals surface area contributed by atoms with Gasteiger partial charge >= 0.3 is 0 Å². The number of guanidine groups is 1. The summed E-state index contributed by atoms with van der Waals surface area (Å²) in [6, 6.07) is 15.9. The molecule has 6 nitrogen and oxygen atoms in total. The van der Waals surface area contributed by atoms with Gasteiger partial charge in [0.25, 0.3) is 0 Å². The van der Waals surface area contributed by atoms with E-state index in [0.717, 1.165) is 50.1 Å². The van der Waals surface area contributed by atoms with E-state index in [1.54, 1.807) is 13.2 Å². The molecule has 30 heavy (non-hydrogen) atoms. The van der Waals surface area contributed by atoms with E-state index >= 15 is 0 Å². The molecule has 0 bridgehead atoms. The quantitative estimate of drug-likeness (QED) is 0.358. The minimum absolute atomic E-state index is 0. The summed E-state index contributed by atoms with van der Waals surface area (Å²) in [6.45, 7) is 4.32. The first-order chi connectivity index (χ1) is 14.2. The van der Waals surface area contributed by atoms with E-state index in [1.165, 1.54) is 18.4 Å². The molecular formula is C23H31IN4O2. The second-order valence-electron chi connectivity index (χ2n) is 7.84. The molecule has 162 valence electrons. The lowest BCUT2D eigenvalue weighted by Gasteiger charge is -2.38. The maximum Gasteiger partial charge on any atom is 0.193 e. The van der Waals surface area contributed by atoms with Crippen LogP contribution in [0.25, 0.3) is 0 Å². The molecule has 1 saturated heterocycles. The van der Waals surface area contributed by atoms with Crippen LogP contribution >= 0.6 is 24.0 Å². The monoisotopic (exact) mass is 522 g/mol. The lowest BCUT2D eigenvalue weighted by molar-refractivity contribution is 0.367. The van der Waals surface area contributed by atoms with Crippen LogP contribution in [0.2, 0.25) is 0 Å². The molecule has 1 heterocycles. The molecule has 2 N–H and O–H groups in total. The molecule has 4 rings (SSSR count). The molecule has 2 fully saturated rings. The highest BCUT2D eigenvalue weighted by molar-refractivity contribution is 14.0. The highest BCUT2D eigenvalue weighted by Crippen LogP contribution is 2.50. The molecule has 0 amide bonds. The second kappa shape index (κ2) is 9.76. The number of hydrogen-bond donors (Lipinski definition) is 2. The zero-order chi connectivity index (χ0) is 20.3. The van der Waals surface area contributed by atoms with Gasteiger partial charge in [-0.3, -0.25) is 4.99 Å². The molecule has 0 unspecified atom stereocenters. The molecule has 0 radical (unpaired) electrons. The standard InChI is InChI=1S/C23H30N4O2.HI/c1-24-22(25-17-23(11-12-23)18-7-3-6-10-21(18)29-2)27-15-13-26(14-16-27)19-8-4-5-9-20(19)28;/h3-10,28H,11-17H2,1-2H3,(H,24,25);1H. The van der Waals surface area contributed by atoms with Crippen LogP contribution in [0, 0.1) is 0 Å². The number of phenolic OH excluding ortho intramolecular Hbond substituents is 1. The Morgan fingerprint density at radius 3 is 2.37 bits per heavy atom. The van der Waals surface area contributed by atoms with Crippen LogP contribution in [0.4, 0.5) is 5.69 Å². The molecule has 0 aromatic heterocycles. The number of aliphatic imine (C=N–C) groups is 1. The summed E-state index contributed by atoms with van der Waals surface area (Å²) in [5.41, 5.74) is 2.33. The van der Waals surface area contributed by atoms with Crippen molar-refractivity contribution in [1.29, 1.82) is 0 Å². The Morgan fingerprint density at radius 2 is 1.73 bits per heavy atom. The Morgan fingerprint density at radius 1 is 1.07 bits per heavy atom. The average molecular weight is 522 g/mol. The maximum absolute atomic E-state index is 10.1. The van der Waals surface area contributed by atoms with Crippen molar-refractivity contribution in [3.63, 3.8) is 0 Å². The number of para-hydroxylation sites is 3. The van der Waals surface area contributed by atoms with Gasteiger partial charge in [-0.15, -0.1) is 24.0 Å². The number of nitrogens with one attached hydrogen (secondary N) is 1. The van der Waals surface area contributed by atoms with Crippen LogP contribution in [0.1, 0.15) is 18.4 Å². The summed E-state index contributed by atoms with van der Waals surface area (Å²) in [5.74, 6) is 2.26. The van der Waals surface area contributed by atoms with E-state index in [1.807, 2.05) is 37.4 Å². The molecule has 2 aromatic rings. The molecule has 0 atom stereocenters. The Hall–Kier alpha value is -2.16. The lowest BCUT2D eigenvalue weighted by Crippen LogP contribution is -2.53. The highest BCUT2D eigenvalue weighted by Gasteiger charge is 2.46. The Bertz CT molecular complexity index is 877. The van der Waals surface area contributed by atoms with Crippen molar-refractivity contribution in [1.82, 2.24) is 10.2 Å². The number of nitrogens with zero attached hydrogens (tertiary/aromatic N) is 3. The predicted molar refractivity (Wildman–Crippen MR) is 133 cm³/mol. The van der Waals surface area contributed by atoms with Crippen LogP contribution in [0.5, 0.6) is 11.5 Å². The van der Waals surface area contributed by atoms with E-state index in [-0.39, 0.29) is 29.4 Å². The van der Waals surface area contributed by atoms with Gasteiger partial charge in [-0.1, -0.05) is 30.3 Å². The largest absolute Gasteiger partial charge is 0.506 e. The number of rotatable bonds is 5. The average Bonchev–Trinajstić information content (AvgIpc) is 3.56. The van der Waals surface area contributed by atoms with Gasteiger partial charge in [0.1, 0.15) is 11.5 Å². The number of halogens is 1. The number of ether oxygens (including phenoxy) is 1. The number of piperazine rings is 1. The van der Waals surface area contributed by atoms with Gasteiger partial charge < -0.3 is 25.0 Å². The van der Waals surface area contributed by atoms with Crippen LogP contribution in [-0.2, 0) is 5.41 Å². The summed E-state index contributed by atoms with van der Waals surface area (Å²) >= 11 is 0. The van der Waals surface area contributed by atoms with Crippen LogP contribution in [0.15, 0.2) is 53.5 Å². The van der Waals surface area contributed by atoms with E-state index in [4.69, 9.17) is 4.74 Å². The van der Waals surface area contributed by atoms with Gasteiger partial charge in [0.15, 0.2) is 5.96 Å². The van der Waals surface area contributed by atoms with Crippen molar-refractivity contribution in [2.45, 2.75) is 18.3 Å². The Kier molecular flexibility index (Phi) is 7.33. The van der Waals surface area contributed by atoms with E-state index in [2.05, 4.69) is 32.2 Å². The molecule has 2 aliphatic rings. The van der Waals surface area contributed by atoms with Gasteiger partial charge in [0.05, 0.1) is 12.8 Å². The Labute approximate surface area is 196 Å². The van der Waals surface area contributed by atoms with Crippen molar-refractivity contribution in [2.24, 2.45) is 4.99 Å². The normalized spacial score (nSPS) is 17.9. The number of hydrogen-bond acceptors (Lipinski definition) is 4. The highest BCUT2D eigenvalue weighted by atomic mass is 127. The molecule has 7 heteroatoms. The molecule has 1 aliphatic heterocycles. The van der Waals surface area contributed by atoms with Gasteiger partial charge in [-0.25, -0.2) is 0 Å². The summed E-state index contributed by atoms with van der Waals surface area (Å²) < 4.78 is 5.59. The fourth-order valence-corrected chi connectivity index (χ4v) is 4.25. The minimum atomic E-state index is 0. The third-order valence-electron chi connectivity index (χ3n) is 6.13. The lowest BCUT2D eigenvalue weighted by atomic mass is 9.95. The van der Waals surface area contributed by atoms with Gasteiger partial charge in [0.2, 0.25) is 0 Å². The van der Waals surface area contributed by atoms with E-state index in [9.17, 15) is 5.11 Å². The first kappa shape index (κ1) is 22.5. The van der Waals surface area contributed by atoms with Crippen LogP contribution in [0.3, 0.4) is 0 Å². The van der Waals surface area contributed by atoms with Crippen molar-refractivity contribution in [3.8, 4) is 11.5 Å². The molecule has 1 aliphatic carbocycles. The van der Waals surface area contributed by atoms with Gasteiger partial charge in [-0.05, 0) is 31.0 Å². The molecule has 0 spiro atoms. The SMILES string of the molecule is CN=C(NCC1(c2ccccc2OC)CC1)N1CCN(c2ccccc2O)CC1.I. The number of benzene rings is 2. The zero-order valence-corrected chi connectivity index (χ0v) is 20.0. The second-order valence-corrected chi connectivity index (χ2v) is 7.84. The smallest absolute Gasteiger partial charge is 0.193 e. The number of phenols is 1. The fourth-order valence-electron chi connectivity index (χ4n) is 4.25. The first-order valence-corrected chi connectivity index (χ1v) is 10.3. The number of aromatic hydroxyl groups is 1. The predicted octanol–water partition coefficient (Wildman–Crippen LogP) is 3.45. The third kappa shape index (κ3) is 4.61. The number of anilines is 1. The fraction of sp³-hybridized carbons (Fsp3) is 0.435. The first-order valence-electron chi connectivity index (χ1n) is 10.3. The van der Waals surface area contributed by atoms with Crippen molar-refractivity contribution < 1.29 is 9.84 Å². The topological polar surface area (TPSA) is 60.3 Å². The maximum atomic E-state index is 10.1. The summed E-state index contributed by atoms with van der Waals surface area (Å²) in [5, 5.41) is 13.7. The number of methoxy groups -OCH3 is 1. The molecule has 2 aromatic carbocycles. The molecule has 1 saturated carbocycles. The minimum Gasteiger partial charge on any atom is -0.506 e. The van der Waals surface area contributed by atoms with E-state index in [0.29, 0.717) is 5.75 Å². The van der Waals surface area contributed by atoms with Crippen molar-refractivity contribution >= 4 is 35.6 Å². The summed E-state index contributed by atoms with van der Waals surface area (Å²) in [4.78, 5) is 9.06. The molecular weight excluding hydrogens is 491 g/mol. The third-order valence-corrected chi connectivity index (χ3v) is 6.13.